The molecule has 1 fully saturated rings. The Hall–Kier alpha value is -1.47. The Labute approximate surface area is 96.7 Å². The fraction of sp³-hybridized carbons (Fsp3) is 0.444. The Kier molecular flexibility index (Phi) is 3.47. The van der Waals surface area contributed by atoms with Crippen LogP contribution in [0.25, 0.3) is 0 Å². The van der Waals surface area contributed by atoms with Crippen LogP contribution in [0, 0.1) is 0 Å². The van der Waals surface area contributed by atoms with E-state index < -0.39 is 6.04 Å². The monoisotopic (exact) mass is 240 g/mol. The number of thiazole rings is 1. The summed E-state index contributed by atoms with van der Waals surface area (Å²) in [4.78, 5) is 19.8. The molecule has 0 radical (unpaired) electrons. The van der Waals surface area contributed by atoms with Gasteiger partial charge in [-0.1, -0.05) is 0 Å². The number of carbonyl (C=O) groups is 1. The van der Waals surface area contributed by atoms with E-state index in [9.17, 15) is 4.79 Å². The molecule has 7 heteroatoms. The highest BCUT2D eigenvalue weighted by Crippen LogP contribution is 2.18. The molecule has 1 unspecified atom stereocenters. The first kappa shape index (κ1) is 11.0. The molecule has 2 rings (SSSR count). The van der Waals surface area contributed by atoms with Crippen molar-refractivity contribution >= 4 is 23.2 Å². The van der Waals surface area contributed by atoms with Gasteiger partial charge in [-0.15, -0.1) is 11.3 Å². The molecule has 1 aromatic heterocycles. The normalized spacial score (nSPS) is 22.2. The van der Waals surface area contributed by atoms with Crippen LogP contribution in [0.5, 0.6) is 0 Å². The molecule has 1 aromatic rings. The summed E-state index contributed by atoms with van der Waals surface area (Å²) in [6, 6.07) is -0.415. The molecule has 2 N–H and O–H groups in total. The summed E-state index contributed by atoms with van der Waals surface area (Å²) in [5.41, 5.74) is 0. The molecular formula is C9H12N4O2S. The van der Waals surface area contributed by atoms with Gasteiger partial charge in [0.05, 0.1) is 13.2 Å². The molecule has 0 aromatic carbocycles. The minimum absolute atomic E-state index is 0.119. The third-order valence-corrected chi connectivity index (χ3v) is 2.89. The number of aliphatic imine (C=N–C) groups is 1. The number of guanidine groups is 1. The van der Waals surface area contributed by atoms with Gasteiger partial charge in [0, 0.05) is 18.7 Å². The standard InChI is InChI=1S/C9H12N4O2S/c1-15-4-2-11-9-12-6(7(14)13-9)8-10-3-5-16-8/h3,5-6H,2,4H2,1H3,(H2,11,12,13,14). The molecule has 1 saturated heterocycles. The van der Waals surface area contributed by atoms with Crippen molar-refractivity contribution in [1.29, 1.82) is 0 Å². The Bertz CT molecular complexity index is 390. The number of methoxy groups -OCH3 is 1. The first-order chi connectivity index (χ1) is 7.81. The quantitative estimate of drug-likeness (QED) is 0.721. The van der Waals surface area contributed by atoms with E-state index in [1.807, 2.05) is 5.38 Å². The molecule has 16 heavy (non-hydrogen) atoms. The maximum Gasteiger partial charge on any atom is 0.256 e. The highest BCUT2D eigenvalue weighted by molar-refractivity contribution is 7.09. The van der Waals surface area contributed by atoms with Crippen molar-refractivity contribution in [3.8, 4) is 0 Å². The lowest BCUT2D eigenvalue weighted by Gasteiger charge is -2.02. The number of nitrogens with one attached hydrogen (secondary N) is 2. The average molecular weight is 240 g/mol. The van der Waals surface area contributed by atoms with Crippen LogP contribution in [0.3, 0.4) is 0 Å². The Morgan fingerprint density at radius 3 is 3.25 bits per heavy atom. The van der Waals surface area contributed by atoms with E-state index in [2.05, 4.69) is 20.6 Å². The lowest BCUT2D eigenvalue weighted by molar-refractivity contribution is -0.120. The number of aromatic nitrogens is 1. The summed E-state index contributed by atoms with van der Waals surface area (Å²) in [5, 5.41) is 8.23. The molecule has 1 atom stereocenters. The number of rotatable bonds is 4. The fourth-order valence-electron chi connectivity index (χ4n) is 1.31. The van der Waals surface area contributed by atoms with Crippen molar-refractivity contribution in [3.05, 3.63) is 16.6 Å². The van der Waals surface area contributed by atoms with E-state index >= 15 is 0 Å². The van der Waals surface area contributed by atoms with Crippen molar-refractivity contribution in [3.63, 3.8) is 0 Å². The number of nitrogens with zero attached hydrogens (tertiary/aromatic N) is 2. The van der Waals surface area contributed by atoms with Gasteiger partial charge in [0.2, 0.25) is 0 Å². The second-order valence-corrected chi connectivity index (χ2v) is 4.09. The molecule has 0 aliphatic carbocycles. The summed E-state index contributed by atoms with van der Waals surface area (Å²) >= 11 is 1.44. The Morgan fingerprint density at radius 2 is 2.56 bits per heavy atom. The molecule has 0 spiro atoms. The van der Waals surface area contributed by atoms with Crippen LogP contribution in [0.4, 0.5) is 0 Å². The van der Waals surface area contributed by atoms with Crippen LogP contribution in [0.15, 0.2) is 16.6 Å². The van der Waals surface area contributed by atoms with Crippen molar-refractivity contribution in [2.45, 2.75) is 6.04 Å². The minimum atomic E-state index is -0.415. The van der Waals surface area contributed by atoms with Gasteiger partial charge >= 0.3 is 0 Å². The number of hydrogen-bond acceptors (Lipinski definition) is 5. The number of hydrogen-bond donors (Lipinski definition) is 2. The maximum atomic E-state index is 11.6. The van der Waals surface area contributed by atoms with Crippen molar-refractivity contribution in [2.24, 2.45) is 4.99 Å². The molecule has 1 aliphatic rings. The molecule has 0 saturated carbocycles. The van der Waals surface area contributed by atoms with Crippen molar-refractivity contribution < 1.29 is 9.53 Å². The zero-order valence-electron chi connectivity index (χ0n) is 8.77. The summed E-state index contributed by atoms with van der Waals surface area (Å²) in [5.74, 6) is 0.369. The number of carbonyl (C=O) groups excluding carboxylic acids is 1. The van der Waals surface area contributed by atoms with Gasteiger partial charge in [0.25, 0.3) is 5.91 Å². The molecule has 2 heterocycles. The van der Waals surface area contributed by atoms with Crippen LogP contribution in [0.1, 0.15) is 11.0 Å². The van der Waals surface area contributed by atoms with E-state index in [4.69, 9.17) is 4.74 Å². The molecular weight excluding hydrogens is 228 g/mol. The summed E-state index contributed by atoms with van der Waals surface area (Å²) < 4.78 is 4.87. The second kappa shape index (κ2) is 5.04. The Balaban J connectivity index is 1.99. The van der Waals surface area contributed by atoms with Crippen molar-refractivity contribution in [2.75, 3.05) is 20.3 Å². The third-order valence-electron chi connectivity index (χ3n) is 2.05. The summed E-state index contributed by atoms with van der Waals surface area (Å²) in [7, 11) is 1.61. The van der Waals surface area contributed by atoms with Crippen LogP contribution in [-0.4, -0.2) is 37.1 Å². The van der Waals surface area contributed by atoms with Crippen molar-refractivity contribution in [1.82, 2.24) is 15.6 Å². The van der Waals surface area contributed by atoms with Gasteiger partial charge in [-0.3, -0.25) is 15.1 Å². The lowest BCUT2D eigenvalue weighted by Crippen LogP contribution is -2.26. The molecule has 6 nitrogen and oxygen atoms in total. The minimum Gasteiger partial charge on any atom is -0.383 e. The van der Waals surface area contributed by atoms with Gasteiger partial charge in [-0.25, -0.2) is 4.98 Å². The smallest absolute Gasteiger partial charge is 0.256 e. The predicted octanol–water partition coefficient (Wildman–Crippen LogP) is -0.0940. The highest BCUT2D eigenvalue weighted by Gasteiger charge is 2.31. The van der Waals surface area contributed by atoms with Crippen LogP contribution in [-0.2, 0) is 9.53 Å². The van der Waals surface area contributed by atoms with Gasteiger partial charge < -0.3 is 10.1 Å². The number of ether oxygens (including phenoxy) is 1. The fourth-order valence-corrected chi connectivity index (χ4v) is 2.00. The molecule has 86 valence electrons. The topological polar surface area (TPSA) is 75.6 Å². The molecule has 1 amide bonds. The van der Waals surface area contributed by atoms with E-state index in [1.165, 1.54) is 11.3 Å². The highest BCUT2D eigenvalue weighted by atomic mass is 32.1. The Morgan fingerprint density at radius 1 is 1.69 bits per heavy atom. The van der Waals surface area contributed by atoms with Gasteiger partial charge in [0.1, 0.15) is 5.01 Å². The van der Waals surface area contributed by atoms with Gasteiger partial charge in [0.15, 0.2) is 12.0 Å². The molecule has 0 bridgehead atoms. The predicted molar refractivity (Wildman–Crippen MR) is 60.3 cm³/mol. The first-order valence-corrected chi connectivity index (χ1v) is 5.69. The molecule has 1 aliphatic heterocycles. The largest absolute Gasteiger partial charge is 0.383 e. The third kappa shape index (κ3) is 2.37. The van der Waals surface area contributed by atoms with Crippen LogP contribution < -0.4 is 10.6 Å². The number of amides is 1. The van der Waals surface area contributed by atoms with E-state index in [1.54, 1.807) is 13.3 Å². The second-order valence-electron chi connectivity index (χ2n) is 3.16. The zero-order chi connectivity index (χ0) is 11.4. The lowest BCUT2D eigenvalue weighted by atomic mass is 10.3. The maximum absolute atomic E-state index is 11.6. The van der Waals surface area contributed by atoms with Gasteiger partial charge in [-0.2, -0.15) is 0 Å². The van der Waals surface area contributed by atoms with Gasteiger partial charge in [-0.05, 0) is 0 Å². The van der Waals surface area contributed by atoms with E-state index in [-0.39, 0.29) is 5.91 Å². The van der Waals surface area contributed by atoms with E-state index in [0.29, 0.717) is 19.1 Å². The van der Waals surface area contributed by atoms with Crippen LogP contribution in [0.2, 0.25) is 0 Å². The van der Waals surface area contributed by atoms with Crippen LogP contribution >= 0.6 is 11.3 Å². The zero-order valence-corrected chi connectivity index (χ0v) is 9.58. The summed E-state index contributed by atoms with van der Waals surface area (Å²) in [6.45, 7) is 1.05. The van der Waals surface area contributed by atoms with E-state index in [0.717, 1.165) is 5.01 Å². The SMILES string of the molecule is COCCN=C1NC(=O)C(c2nccs2)N1. The summed E-state index contributed by atoms with van der Waals surface area (Å²) in [6.07, 6.45) is 1.68. The average Bonchev–Trinajstić information content (AvgIpc) is 2.87. The first-order valence-electron chi connectivity index (χ1n) is 4.81.